The Kier molecular flexibility index (Phi) is 2.40. The molecule has 1 aliphatic heterocycles. The number of nitrogens with zero attached hydrogens (tertiary/aromatic N) is 1. The number of rotatable bonds is 3. The van der Waals surface area contributed by atoms with Gasteiger partial charge in [-0.3, -0.25) is 0 Å². The topological polar surface area (TPSA) is 60.7 Å². The zero-order valence-electron chi connectivity index (χ0n) is 8.69. The predicted molar refractivity (Wildman–Crippen MR) is 52.4 cm³/mol. The van der Waals surface area contributed by atoms with Gasteiger partial charge >= 0.3 is 5.97 Å². The Labute approximate surface area is 87.2 Å². The van der Waals surface area contributed by atoms with Crippen molar-refractivity contribution in [3.8, 4) is 5.75 Å². The number of hydrogen-bond donors (Lipinski definition) is 1. The van der Waals surface area contributed by atoms with Crippen LogP contribution in [-0.4, -0.2) is 36.0 Å². The molecule has 15 heavy (non-hydrogen) atoms. The van der Waals surface area contributed by atoms with Crippen molar-refractivity contribution in [2.75, 3.05) is 14.2 Å². The van der Waals surface area contributed by atoms with Crippen molar-refractivity contribution in [1.82, 2.24) is 4.57 Å². The van der Waals surface area contributed by atoms with Gasteiger partial charge in [0.15, 0.2) is 5.75 Å². The van der Waals surface area contributed by atoms with Crippen LogP contribution in [0.3, 0.4) is 0 Å². The van der Waals surface area contributed by atoms with Crippen LogP contribution < -0.4 is 4.74 Å². The molecule has 1 aromatic rings. The summed E-state index contributed by atoms with van der Waals surface area (Å²) in [5, 5.41) is 8.95. The van der Waals surface area contributed by atoms with Crippen LogP contribution in [0.2, 0.25) is 0 Å². The van der Waals surface area contributed by atoms with Gasteiger partial charge < -0.3 is 19.1 Å². The standard InChI is InChI=1S/C10H13NO4/c1-14-6-3-8-9(15-2)7(10(12)13)5-11(8)4-6/h5-6H,3-4H2,1-2H3,(H,12,13). The first-order valence-electron chi connectivity index (χ1n) is 4.69. The van der Waals surface area contributed by atoms with Crippen molar-refractivity contribution < 1.29 is 19.4 Å². The predicted octanol–water partition coefficient (Wildman–Crippen LogP) is 0.766. The van der Waals surface area contributed by atoms with E-state index in [1.165, 1.54) is 7.11 Å². The van der Waals surface area contributed by atoms with E-state index in [9.17, 15) is 4.79 Å². The molecule has 0 aliphatic carbocycles. The lowest BCUT2D eigenvalue weighted by molar-refractivity contribution is 0.0691. The number of aromatic carboxylic acids is 1. The van der Waals surface area contributed by atoms with Crippen LogP contribution in [0.15, 0.2) is 6.20 Å². The molecular formula is C10H13NO4. The van der Waals surface area contributed by atoms with Gasteiger partial charge in [0.05, 0.1) is 18.9 Å². The van der Waals surface area contributed by atoms with E-state index < -0.39 is 5.97 Å². The third kappa shape index (κ3) is 1.48. The average Bonchev–Trinajstić information content (AvgIpc) is 2.72. The first-order valence-corrected chi connectivity index (χ1v) is 4.69. The van der Waals surface area contributed by atoms with E-state index in [1.807, 2.05) is 4.57 Å². The van der Waals surface area contributed by atoms with Crippen LogP contribution in [0.1, 0.15) is 16.1 Å². The van der Waals surface area contributed by atoms with Crippen molar-refractivity contribution in [3.63, 3.8) is 0 Å². The highest BCUT2D eigenvalue weighted by atomic mass is 16.5. The lowest BCUT2D eigenvalue weighted by Crippen LogP contribution is -2.12. The molecular weight excluding hydrogens is 198 g/mol. The summed E-state index contributed by atoms with van der Waals surface area (Å²) in [4.78, 5) is 10.9. The largest absolute Gasteiger partial charge is 0.494 e. The minimum Gasteiger partial charge on any atom is -0.494 e. The second-order valence-corrected chi connectivity index (χ2v) is 3.54. The van der Waals surface area contributed by atoms with Gasteiger partial charge in [0.1, 0.15) is 5.56 Å². The Morgan fingerprint density at radius 1 is 1.60 bits per heavy atom. The average molecular weight is 211 g/mol. The first-order chi connectivity index (χ1) is 7.17. The summed E-state index contributed by atoms with van der Waals surface area (Å²) >= 11 is 0. The lowest BCUT2D eigenvalue weighted by Gasteiger charge is -2.06. The molecule has 0 aromatic carbocycles. The summed E-state index contributed by atoms with van der Waals surface area (Å²) in [6.07, 6.45) is 2.43. The lowest BCUT2D eigenvalue weighted by atomic mass is 10.2. The van der Waals surface area contributed by atoms with Crippen LogP contribution in [0, 0.1) is 0 Å². The number of carboxylic acid groups (broad SMARTS) is 1. The minimum absolute atomic E-state index is 0.122. The van der Waals surface area contributed by atoms with Gasteiger partial charge in [-0.25, -0.2) is 4.79 Å². The van der Waals surface area contributed by atoms with Gasteiger partial charge in [0, 0.05) is 26.3 Å². The van der Waals surface area contributed by atoms with E-state index in [0.717, 1.165) is 5.69 Å². The Morgan fingerprint density at radius 2 is 2.33 bits per heavy atom. The molecule has 2 rings (SSSR count). The fourth-order valence-electron chi connectivity index (χ4n) is 1.99. The number of ether oxygens (including phenoxy) is 2. The van der Waals surface area contributed by atoms with Gasteiger partial charge in [-0.15, -0.1) is 0 Å². The Morgan fingerprint density at radius 3 is 2.87 bits per heavy atom. The molecule has 0 amide bonds. The SMILES string of the molecule is COc1c(C(=O)O)cn2c1CC(OC)C2. The van der Waals surface area contributed by atoms with Crippen molar-refractivity contribution >= 4 is 5.97 Å². The highest BCUT2D eigenvalue weighted by Crippen LogP contribution is 2.32. The smallest absolute Gasteiger partial charge is 0.341 e. The fourth-order valence-corrected chi connectivity index (χ4v) is 1.99. The van der Waals surface area contributed by atoms with E-state index in [0.29, 0.717) is 18.7 Å². The minimum atomic E-state index is -0.956. The third-order valence-corrected chi connectivity index (χ3v) is 2.73. The number of methoxy groups -OCH3 is 2. The molecule has 2 heterocycles. The molecule has 0 bridgehead atoms. The fraction of sp³-hybridized carbons (Fsp3) is 0.500. The molecule has 1 aliphatic rings. The van der Waals surface area contributed by atoms with E-state index in [2.05, 4.69) is 0 Å². The van der Waals surface area contributed by atoms with Crippen LogP contribution in [-0.2, 0) is 17.7 Å². The normalized spacial score (nSPS) is 18.9. The highest BCUT2D eigenvalue weighted by Gasteiger charge is 2.29. The summed E-state index contributed by atoms with van der Waals surface area (Å²) in [5.74, 6) is -0.496. The molecule has 5 nitrogen and oxygen atoms in total. The molecule has 82 valence electrons. The van der Waals surface area contributed by atoms with Gasteiger partial charge in [0.25, 0.3) is 0 Å². The maximum absolute atomic E-state index is 10.9. The molecule has 0 fully saturated rings. The zero-order chi connectivity index (χ0) is 11.0. The summed E-state index contributed by atoms with van der Waals surface area (Å²) in [7, 11) is 3.14. The summed E-state index contributed by atoms with van der Waals surface area (Å²) in [6.45, 7) is 0.690. The van der Waals surface area contributed by atoms with Gasteiger partial charge in [-0.2, -0.15) is 0 Å². The molecule has 1 unspecified atom stereocenters. The maximum atomic E-state index is 10.9. The Bertz CT molecular complexity index is 396. The van der Waals surface area contributed by atoms with Gasteiger partial charge in [-0.05, 0) is 0 Å². The van der Waals surface area contributed by atoms with E-state index >= 15 is 0 Å². The van der Waals surface area contributed by atoms with Crippen LogP contribution in [0.4, 0.5) is 0 Å². The number of fused-ring (bicyclic) bond motifs is 1. The van der Waals surface area contributed by atoms with Gasteiger partial charge in [0.2, 0.25) is 0 Å². The van der Waals surface area contributed by atoms with Crippen molar-refractivity contribution in [1.29, 1.82) is 0 Å². The van der Waals surface area contributed by atoms with Crippen molar-refractivity contribution in [3.05, 3.63) is 17.5 Å². The second-order valence-electron chi connectivity index (χ2n) is 3.54. The van der Waals surface area contributed by atoms with Crippen molar-refractivity contribution in [2.24, 2.45) is 0 Å². The number of carboxylic acids is 1. The monoisotopic (exact) mass is 211 g/mol. The molecule has 1 N–H and O–H groups in total. The van der Waals surface area contributed by atoms with E-state index in [1.54, 1.807) is 13.3 Å². The van der Waals surface area contributed by atoms with E-state index in [-0.39, 0.29) is 11.7 Å². The summed E-state index contributed by atoms with van der Waals surface area (Å²) in [6, 6.07) is 0. The summed E-state index contributed by atoms with van der Waals surface area (Å²) in [5.41, 5.74) is 1.13. The Hall–Kier alpha value is -1.49. The molecule has 1 aromatic heterocycles. The molecule has 0 radical (unpaired) electrons. The first kappa shape index (κ1) is 10.0. The molecule has 0 saturated heterocycles. The summed E-state index contributed by atoms with van der Waals surface area (Å²) < 4.78 is 12.2. The van der Waals surface area contributed by atoms with Crippen LogP contribution in [0.25, 0.3) is 0 Å². The maximum Gasteiger partial charge on any atom is 0.341 e. The molecule has 5 heteroatoms. The molecule has 0 spiro atoms. The third-order valence-electron chi connectivity index (χ3n) is 2.73. The number of aromatic nitrogens is 1. The second kappa shape index (κ2) is 3.58. The molecule has 1 atom stereocenters. The van der Waals surface area contributed by atoms with E-state index in [4.69, 9.17) is 14.6 Å². The van der Waals surface area contributed by atoms with Gasteiger partial charge in [-0.1, -0.05) is 0 Å². The molecule has 0 saturated carbocycles. The van der Waals surface area contributed by atoms with Crippen LogP contribution >= 0.6 is 0 Å². The highest BCUT2D eigenvalue weighted by molar-refractivity contribution is 5.91. The Balaban J connectivity index is 2.39. The zero-order valence-corrected chi connectivity index (χ0v) is 8.69. The number of carbonyl (C=O) groups is 1. The van der Waals surface area contributed by atoms with Crippen molar-refractivity contribution in [2.45, 2.75) is 19.1 Å². The quantitative estimate of drug-likeness (QED) is 0.802. The number of hydrogen-bond acceptors (Lipinski definition) is 3. The van der Waals surface area contributed by atoms with Crippen LogP contribution in [0.5, 0.6) is 5.75 Å².